The van der Waals surface area contributed by atoms with Crippen LogP contribution in [-0.2, 0) is 9.59 Å². The van der Waals surface area contributed by atoms with Gasteiger partial charge in [-0.25, -0.2) is 0 Å². The highest BCUT2D eigenvalue weighted by Crippen LogP contribution is 1.84. The van der Waals surface area contributed by atoms with Crippen LogP contribution in [0.25, 0.3) is 0 Å². The zero-order valence-corrected chi connectivity index (χ0v) is 9.34. The van der Waals surface area contributed by atoms with Crippen LogP contribution in [0.15, 0.2) is 0 Å². The Kier molecular flexibility index (Phi) is 11.8. The van der Waals surface area contributed by atoms with E-state index in [1.807, 2.05) is 0 Å². The van der Waals surface area contributed by atoms with Crippen molar-refractivity contribution in [1.29, 1.82) is 0 Å². The van der Waals surface area contributed by atoms with Crippen molar-refractivity contribution in [3.63, 3.8) is 0 Å². The van der Waals surface area contributed by atoms with Gasteiger partial charge in [0.05, 0.1) is 33.7 Å². The van der Waals surface area contributed by atoms with Gasteiger partial charge >= 0.3 is 5.97 Å². The molecule has 0 amide bonds. The summed E-state index contributed by atoms with van der Waals surface area (Å²) >= 11 is 0. The van der Waals surface area contributed by atoms with E-state index in [9.17, 15) is 14.7 Å². The van der Waals surface area contributed by atoms with E-state index in [1.165, 1.54) is 0 Å². The lowest BCUT2D eigenvalue weighted by molar-refractivity contribution is -0.864. The van der Waals surface area contributed by atoms with Crippen molar-refractivity contribution in [3.8, 4) is 0 Å². The molecule has 0 spiro atoms. The summed E-state index contributed by atoms with van der Waals surface area (Å²) < 4.78 is 0.419. The number of aliphatic carboxylic acids is 2. The molecule has 0 radical (unpaired) electrons. The molecule has 0 bridgehead atoms. The number of nitrogens with two attached hydrogens (primary N) is 1. The van der Waals surface area contributed by atoms with Crippen LogP contribution in [0.3, 0.4) is 0 Å². The molecule has 6 nitrogen and oxygen atoms in total. The highest BCUT2D eigenvalue weighted by molar-refractivity contribution is 5.85. The van der Waals surface area contributed by atoms with Gasteiger partial charge in [-0.2, -0.15) is 0 Å². The third kappa shape index (κ3) is 30.4. The molecule has 14 heavy (non-hydrogen) atoms. The van der Waals surface area contributed by atoms with Crippen LogP contribution in [0, 0.1) is 0 Å². The molecule has 0 heterocycles. The van der Waals surface area contributed by atoms with E-state index in [2.05, 4.69) is 5.73 Å². The first-order chi connectivity index (χ1) is 5.69. The Bertz CT molecular complexity index is 179. The van der Waals surface area contributed by atoms with Crippen molar-refractivity contribution in [1.82, 2.24) is 0 Å². The molecule has 86 valence electrons. The Labute approximate surface area is 89.3 Å². The molecule has 0 atom stereocenters. The van der Waals surface area contributed by atoms with Gasteiger partial charge in [0.15, 0.2) is 0 Å². The number of carboxylic acid groups (broad SMARTS) is 2. The van der Waals surface area contributed by atoms with Gasteiger partial charge in [0.2, 0.25) is 0 Å². The Morgan fingerprint density at radius 1 is 1.36 bits per heavy atom. The quantitative estimate of drug-likeness (QED) is 0.539. The summed E-state index contributed by atoms with van der Waals surface area (Å²) in [6.07, 6.45) is 0. The van der Waals surface area contributed by atoms with Crippen LogP contribution in [0.2, 0.25) is 0 Å². The number of carbonyl (C=O) groups excluding carboxylic acids is 1. The Balaban J connectivity index is -0.000000177. The first kappa shape index (κ1) is 18.8. The van der Waals surface area contributed by atoms with Gasteiger partial charge < -0.3 is 25.2 Å². The van der Waals surface area contributed by atoms with Crippen molar-refractivity contribution in [3.05, 3.63) is 0 Å². The molecular weight excluding hydrogens is 212 g/mol. The van der Waals surface area contributed by atoms with Gasteiger partial charge in [-0.15, -0.1) is 12.4 Å². The third-order valence-corrected chi connectivity index (χ3v) is 0.778. The maximum Gasteiger partial charge on any atom is 0.317 e. The molecule has 0 unspecified atom stereocenters. The second-order valence-corrected chi connectivity index (χ2v) is 3.42. The molecule has 0 saturated carbocycles. The maximum absolute atomic E-state index is 9.89. The van der Waals surface area contributed by atoms with Crippen LogP contribution < -0.4 is 10.8 Å². The number of hydrogen-bond acceptors (Lipinski definition) is 4. The average Bonchev–Trinajstić information content (AvgIpc) is 1.83. The molecule has 0 aromatic carbocycles. The van der Waals surface area contributed by atoms with E-state index in [0.717, 1.165) is 0 Å². The SMILES string of the molecule is C[N+](C)(C)CC(=O)[O-].Cl.NCC(=O)O. The fraction of sp³-hybridized carbons (Fsp3) is 0.714. The summed E-state index contributed by atoms with van der Waals surface area (Å²) in [7, 11) is 5.40. The lowest BCUT2D eigenvalue weighted by Crippen LogP contribution is -2.45. The number of likely N-dealkylation sites (N-methyl/N-ethyl adjacent to an activating group) is 1. The summed E-state index contributed by atoms with van der Waals surface area (Å²) in [6.45, 7) is -0.208. The van der Waals surface area contributed by atoms with E-state index in [-0.39, 0.29) is 25.5 Å². The Morgan fingerprint density at radius 2 is 1.64 bits per heavy atom. The first-order valence-corrected chi connectivity index (χ1v) is 3.61. The van der Waals surface area contributed by atoms with Gasteiger partial charge in [-0.1, -0.05) is 0 Å². The Hall–Kier alpha value is -0.850. The predicted octanol–water partition coefficient (Wildman–Crippen LogP) is -2.11. The third-order valence-electron chi connectivity index (χ3n) is 0.778. The standard InChI is InChI=1S/C5H11NO2.C2H5NO2.ClH/c1-6(2,3)4-5(7)8;3-1-2(4)5;/h4H2,1-3H3;1,3H2,(H,4,5);1H. The highest BCUT2D eigenvalue weighted by Gasteiger charge is 2.04. The molecule has 7 heteroatoms. The first-order valence-electron chi connectivity index (χ1n) is 3.61. The van der Waals surface area contributed by atoms with Gasteiger partial charge in [0.1, 0.15) is 6.54 Å². The summed E-state index contributed by atoms with van der Waals surface area (Å²) in [5, 5.41) is 17.5. The molecule has 0 aliphatic rings. The lowest BCUT2D eigenvalue weighted by Gasteiger charge is -2.23. The molecule has 0 aliphatic heterocycles. The minimum atomic E-state index is -1.00. The zero-order chi connectivity index (χ0) is 11.1. The van der Waals surface area contributed by atoms with Gasteiger partial charge in [0.25, 0.3) is 0 Å². The second kappa shape index (κ2) is 8.74. The number of carbonyl (C=O) groups is 2. The molecular formula is C7H17ClN2O4. The van der Waals surface area contributed by atoms with E-state index in [4.69, 9.17) is 5.11 Å². The topological polar surface area (TPSA) is 103 Å². The minimum absolute atomic E-state index is 0. The van der Waals surface area contributed by atoms with Crippen molar-refractivity contribution >= 4 is 24.3 Å². The number of quaternary nitrogens is 1. The summed E-state index contributed by atoms with van der Waals surface area (Å²) in [6, 6.07) is 0. The van der Waals surface area contributed by atoms with Crippen molar-refractivity contribution in [2.75, 3.05) is 34.2 Å². The zero-order valence-electron chi connectivity index (χ0n) is 8.52. The van der Waals surface area contributed by atoms with Crippen molar-refractivity contribution in [2.45, 2.75) is 0 Å². The fourth-order valence-electron chi connectivity index (χ4n) is 0.387. The fourth-order valence-corrected chi connectivity index (χ4v) is 0.387. The summed E-state index contributed by atoms with van der Waals surface area (Å²) in [5.74, 6) is -1.97. The predicted molar refractivity (Wildman–Crippen MR) is 51.8 cm³/mol. The second-order valence-electron chi connectivity index (χ2n) is 3.42. The van der Waals surface area contributed by atoms with Crippen LogP contribution in [0.1, 0.15) is 0 Å². The molecule has 0 aromatic rings. The van der Waals surface area contributed by atoms with Crippen LogP contribution >= 0.6 is 12.4 Å². The van der Waals surface area contributed by atoms with E-state index in [1.54, 1.807) is 21.1 Å². The summed E-state index contributed by atoms with van der Waals surface area (Å²) in [4.78, 5) is 19.1. The number of nitrogens with zero attached hydrogens (tertiary/aromatic N) is 1. The van der Waals surface area contributed by atoms with E-state index < -0.39 is 11.9 Å². The van der Waals surface area contributed by atoms with Crippen LogP contribution in [-0.4, -0.2) is 55.8 Å². The average molecular weight is 229 g/mol. The number of hydrogen-bond donors (Lipinski definition) is 2. The summed E-state index contributed by atoms with van der Waals surface area (Å²) in [5.41, 5.74) is 4.57. The van der Waals surface area contributed by atoms with Gasteiger partial charge in [0, 0.05) is 0 Å². The van der Waals surface area contributed by atoms with Crippen molar-refractivity contribution in [2.24, 2.45) is 5.73 Å². The molecule has 3 N–H and O–H groups in total. The molecule has 0 rings (SSSR count). The molecule has 0 fully saturated rings. The number of halogens is 1. The van der Waals surface area contributed by atoms with Crippen LogP contribution in [0.4, 0.5) is 0 Å². The largest absolute Gasteiger partial charge is 0.544 e. The van der Waals surface area contributed by atoms with E-state index in [0.29, 0.717) is 4.48 Å². The number of carboxylic acids is 2. The number of rotatable bonds is 3. The van der Waals surface area contributed by atoms with Crippen LogP contribution in [0.5, 0.6) is 0 Å². The smallest absolute Gasteiger partial charge is 0.317 e. The molecule has 0 aromatic heterocycles. The van der Waals surface area contributed by atoms with Gasteiger partial charge in [-0.3, -0.25) is 4.79 Å². The normalized spacial score (nSPS) is 9.14. The maximum atomic E-state index is 9.89. The Morgan fingerprint density at radius 3 is 1.64 bits per heavy atom. The van der Waals surface area contributed by atoms with Gasteiger partial charge in [-0.05, 0) is 0 Å². The van der Waals surface area contributed by atoms with E-state index >= 15 is 0 Å². The van der Waals surface area contributed by atoms with Crippen molar-refractivity contribution < 1.29 is 24.3 Å². The lowest BCUT2D eigenvalue weighted by atomic mass is 10.5. The molecule has 0 aliphatic carbocycles. The monoisotopic (exact) mass is 228 g/mol. The minimum Gasteiger partial charge on any atom is -0.544 e. The highest BCUT2D eigenvalue weighted by atomic mass is 35.5. The molecule has 0 saturated heterocycles.